The summed E-state index contributed by atoms with van der Waals surface area (Å²) in [5, 5.41) is 0. The van der Waals surface area contributed by atoms with E-state index in [1.807, 2.05) is 6.07 Å². The lowest BCUT2D eigenvalue weighted by Crippen LogP contribution is -2.49. The van der Waals surface area contributed by atoms with Crippen molar-refractivity contribution >= 4 is 11.6 Å². The van der Waals surface area contributed by atoms with Crippen LogP contribution >= 0.6 is 0 Å². The first kappa shape index (κ1) is 14.5. The third kappa shape index (κ3) is 3.27. The average Bonchev–Trinajstić information content (AvgIpc) is 3.38. The Morgan fingerprint density at radius 2 is 2.00 bits per heavy atom. The van der Waals surface area contributed by atoms with E-state index in [9.17, 15) is 0 Å². The maximum atomic E-state index is 5.55. The molecule has 1 unspecified atom stereocenters. The fourth-order valence-corrected chi connectivity index (χ4v) is 2.86. The van der Waals surface area contributed by atoms with Gasteiger partial charge >= 0.3 is 0 Å². The van der Waals surface area contributed by atoms with Crippen LogP contribution in [0.3, 0.4) is 0 Å². The van der Waals surface area contributed by atoms with Gasteiger partial charge in [0.2, 0.25) is 0 Å². The number of anilines is 2. The monoisotopic (exact) mass is 290 g/mol. The molecule has 0 amide bonds. The molecule has 2 heterocycles. The topological polar surface area (TPSA) is 70.3 Å². The van der Waals surface area contributed by atoms with Crippen molar-refractivity contribution in [1.82, 2.24) is 14.9 Å². The van der Waals surface area contributed by atoms with Gasteiger partial charge in [-0.1, -0.05) is 6.92 Å². The quantitative estimate of drug-likeness (QED) is 0.633. The van der Waals surface area contributed by atoms with Gasteiger partial charge in [-0.15, -0.1) is 0 Å². The van der Waals surface area contributed by atoms with Gasteiger partial charge in [0.15, 0.2) is 0 Å². The summed E-state index contributed by atoms with van der Waals surface area (Å²) < 4.78 is 0. The van der Waals surface area contributed by atoms with Gasteiger partial charge in [-0.3, -0.25) is 4.90 Å². The molecule has 6 heteroatoms. The van der Waals surface area contributed by atoms with E-state index in [1.54, 1.807) is 0 Å². The zero-order chi connectivity index (χ0) is 14.8. The Balaban J connectivity index is 1.71. The van der Waals surface area contributed by atoms with Crippen LogP contribution in [-0.2, 0) is 0 Å². The number of hydrogen-bond acceptors (Lipinski definition) is 6. The predicted molar refractivity (Wildman–Crippen MR) is 85.4 cm³/mol. The highest BCUT2D eigenvalue weighted by Crippen LogP contribution is 2.39. The molecule has 1 saturated carbocycles. The van der Waals surface area contributed by atoms with E-state index >= 15 is 0 Å². The molecule has 0 aromatic carbocycles. The van der Waals surface area contributed by atoms with E-state index in [-0.39, 0.29) is 0 Å². The van der Waals surface area contributed by atoms with Gasteiger partial charge in [0.1, 0.15) is 17.5 Å². The summed E-state index contributed by atoms with van der Waals surface area (Å²) in [6, 6.07) is 2.63. The molecule has 1 aromatic rings. The Labute approximate surface area is 126 Å². The number of hydrogen-bond donors (Lipinski definition) is 2. The number of rotatable bonds is 5. The number of piperazine rings is 1. The minimum atomic E-state index is 0.540. The summed E-state index contributed by atoms with van der Waals surface area (Å²) in [6.45, 7) is 8.81. The summed E-state index contributed by atoms with van der Waals surface area (Å²) in [6.07, 6.45) is 3.62. The van der Waals surface area contributed by atoms with Crippen LogP contribution in [0, 0.1) is 0 Å². The maximum absolute atomic E-state index is 5.55. The summed E-state index contributed by atoms with van der Waals surface area (Å²) in [5.74, 6) is 8.78. The summed E-state index contributed by atoms with van der Waals surface area (Å²) in [4.78, 5) is 14.2. The van der Waals surface area contributed by atoms with Crippen molar-refractivity contribution in [2.45, 2.75) is 45.1 Å². The molecule has 1 aliphatic carbocycles. The number of nitrogen functional groups attached to an aromatic ring is 1. The minimum absolute atomic E-state index is 0.540. The lowest BCUT2D eigenvalue weighted by atomic mass is 10.2. The van der Waals surface area contributed by atoms with E-state index in [0.717, 1.165) is 43.6 Å². The molecule has 0 spiro atoms. The van der Waals surface area contributed by atoms with Crippen LogP contribution < -0.4 is 16.2 Å². The van der Waals surface area contributed by atoms with Crippen LogP contribution in [0.5, 0.6) is 0 Å². The van der Waals surface area contributed by atoms with Crippen LogP contribution in [0.15, 0.2) is 6.07 Å². The number of aromatic nitrogens is 2. The number of nitrogens with one attached hydrogen (secondary N) is 1. The second-order valence-electron chi connectivity index (χ2n) is 6.17. The fraction of sp³-hybridized carbons (Fsp3) is 0.733. The molecule has 1 aliphatic heterocycles. The van der Waals surface area contributed by atoms with Crippen LogP contribution in [0.1, 0.15) is 44.9 Å². The smallest absolute Gasteiger partial charge is 0.145 e. The SMILES string of the molecule is CCC(C)N1CCN(c2cc(NN)nc(C3CC3)n2)CC1. The van der Waals surface area contributed by atoms with Gasteiger partial charge in [-0.25, -0.2) is 15.8 Å². The van der Waals surface area contributed by atoms with Crippen LogP contribution in [0.4, 0.5) is 11.6 Å². The molecule has 2 aliphatic rings. The summed E-state index contributed by atoms with van der Waals surface area (Å²) in [5.41, 5.74) is 2.68. The number of nitrogens with zero attached hydrogens (tertiary/aromatic N) is 4. The predicted octanol–water partition coefficient (Wildman–Crippen LogP) is 1.56. The molecule has 1 saturated heterocycles. The molecule has 6 nitrogen and oxygen atoms in total. The standard InChI is InChI=1S/C15H26N6/c1-3-11(2)20-6-8-21(9-7-20)14-10-13(19-16)17-15(18-14)12-4-5-12/h10-12H,3-9,16H2,1-2H3,(H,17,18,19). The number of hydrazine groups is 1. The molecule has 21 heavy (non-hydrogen) atoms. The summed E-state index contributed by atoms with van der Waals surface area (Å²) in [7, 11) is 0. The van der Waals surface area contributed by atoms with Crippen molar-refractivity contribution in [3.63, 3.8) is 0 Å². The van der Waals surface area contributed by atoms with Gasteiger partial charge in [-0.05, 0) is 26.2 Å². The minimum Gasteiger partial charge on any atom is -0.354 e. The van der Waals surface area contributed by atoms with Crippen molar-refractivity contribution in [1.29, 1.82) is 0 Å². The third-order valence-electron chi connectivity index (χ3n) is 4.67. The van der Waals surface area contributed by atoms with Crippen molar-refractivity contribution in [3.05, 3.63) is 11.9 Å². The molecule has 3 rings (SSSR count). The molecule has 1 aromatic heterocycles. The van der Waals surface area contributed by atoms with Gasteiger partial charge in [0.25, 0.3) is 0 Å². The van der Waals surface area contributed by atoms with Crippen LogP contribution in [0.25, 0.3) is 0 Å². The Morgan fingerprint density at radius 3 is 2.57 bits per heavy atom. The van der Waals surface area contributed by atoms with Crippen LogP contribution in [0.2, 0.25) is 0 Å². The Bertz CT molecular complexity index is 479. The highest BCUT2D eigenvalue weighted by atomic mass is 15.3. The highest BCUT2D eigenvalue weighted by molar-refractivity contribution is 5.49. The maximum Gasteiger partial charge on any atom is 0.145 e. The van der Waals surface area contributed by atoms with E-state index in [2.05, 4.69) is 34.1 Å². The molecular weight excluding hydrogens is 264 g/mol. The Hall–Kier alpha value is -1.40. The second kappa shape index (κ2) is 6.15. The zero-order valence-corrected chi connectivity index (χ0v) is 13.0. The van der Waals surface area contributed by atoms with Crippen LogP contribution in [-0.4, -0.2) is 47.1 Å². The highest BCUT2D eigenvalue weighted by Gasteiger charge is 2.28. The van der Waals surface area contributed by atoms with Crippen molar-refractivity contribution in [2.75, 3.05) is 36.5 Å². The summed E-state index contributed by atoms with van der Waals surface area (Å²) >= 11 is 0. The Morgan fingerprint density at radius 1 is 1.29 bits per heavy atom. The molecular formula is C15H26N6. The molecule has 116 valence electrons. The van der Waals surface area contributed by atoms with Gasteiger partial charge in [0, 0.05) is 44.2 Å². The van der Waals surface area contributed by atoms with Gasteiger partial charge < -0.3 is 10.3 Å². The largest absolute Gasteiger partial charge is 0.354 e. The van der Waals surface area contributed by atoms with E-state index in [4.69, 9.17) is 10.8 Å². The van der Waals surface area contributed by atoms with Crippen molar-refractivity contribution < 1.29 is 0 Å². The molecule has 1 atom stereocenters. The van der Waals surface area contributed by atoms with Gasteiger partial charge in [-0.2, -0.15) is 0 Å². The zero-order valence-electron chi connectivity index (χ0n) is 13.0. The van der Waals surface area contributed by atoms with Crippen molar-refractivity contribution in [3.8, 4) is 0 Å². The third-order valence-corrected chi connectivity index (χ3v) is 4.67. The first-order valence-corrected chi connectivity index (χ1v) is 8.06. The second-order valence-corrected chi connectivity index (χ2v) is 6.17. The molecule has 0 bridgehead atoms. The molecule has 0 radical (unpaired) electrons. The average molecular weight is 290 g/mol. The molecule has 2 fully saturated rings. The van der Waals surface area contributed by atoms with Gasteiger partial charge in [0.05, 0.1) is 0 Å². The van der Waals surface area contributed by atoms with Crippen molar-refractivity contribution in [2.24, 2.45) is 5.84 Å². The number of nitrogens with two attached hydrogens (primary N) is 1. The van der Waals surface area contributed by atoms with E-state index < -0.39 is 0 Å². The lowest BCUT2D eigenvalue weighted by Gasteiger charge is -2.38. The first-order valence-electron chi connectivity index (χ1n) is 8.06. The normalized spacial score (nSPS) is 21.4. The van der Waals surface area contributed by atoms with E-state index in [1.165, 1.54) is 19.3 Å². The molecule has 3 N–H and O–H groups in total. The lowest BCUT2D eigenvalue weighted by molar-refractivity contribution is 0.192. The first-order chi connectivity index (χ1) is 10.2. The fourth-order valence-electron chi connectivity index (χ4n) is 2.86. The van der Waals surface area contributed by atoms with E-state index in [0.29, 0.717) is 12.0 Å². The Kier molecular flexibility index (Phi) is 4.26.